The number of esters is 1. The van der Waals surface area contributed by atoms with E-state index in [-0.39, 0.29) is 27.6 Å². The standard InChI is InChI=1S/C20H18N2O5S2/c1-2-27-20(24)14-8-10-15(11-9-14)29(25,26)22-19-16(18(21)23)12-17(28-19)13-6-4-3-5-7-13/h3-12,22H,2H2,1H3,(H2,21,23). The average Bonchev–Trinajstić information content (AvgIpc) is 3.12. The molecule has 0 aliphatic rings. The number of benzene rings is 2. The molecule has 3 aromatic rings. The highest BCUT2D eigenvalue weighted by atomic mass is 32.2. The first-order valence-electron chi connectivity index (χ1n) is 8.61. The van der Waals surface area contributed by atoms with Gasteiger partial charge in [-0.3, -0.25) is 9.52 Å². The van der Waals surface area contributed by atoms with E-state index in [4.69, 9.17) is 10.5 Å². The van der Waals surface area contributed by atoms with Gasteiger partial charge >= 0.3 is 5.97 Å². The van der Waals surface area contributed by atoms with E-state index < -0.39 is 21.9 Å². The molecule has 3 rings (SSSR count). The topological polar surface area (TPSA) is 116 Å². The molecule has 0 saturated carbocycles. The van der Waals surface area contributed by atoms with Crippen LogP contribution in [0.25, 0.3) is 10.4 Å². The van der Waals surface area contributed by atoms with Gasteiger partial charge in [0.15, 0.2) is 0 Å². The molecule has 7 nitrogen and oxygen atoms in total. The Morgan fingerprint density at radius 1 is 1.07 bits per heavy atom. The molecular formula is C20H18N2O5S2. The zero-order valence-corrected chi connectivity index (χ0v) is 17.0. The summed E-state index contributed by atoms with van der Waals surface area (Å²) in [5.41, 5.74) is 6.59. The van der Waals surface area contributed by atoms with Crippen molar-refractivity contribution in [1.82, 2.24) is 0 Å². The van der Waals surface area contributed by atoms with Gasteiger partial charge in [-0.1, -0.05) is 30.3 Å². The predicted octanol–water partition coefficient (Wildman–Crippen LogP) is 3.49. The molecule has 29 heavy (non-hydrogen) atoms. The van der Waals surface area contributed by atoms with Crippen LogP contribution >= 0.6 is 11.3 Å². The highest BCUT2D eigenvalue weighted by Gasteiger charge is 2.21. The van der Waals surface area contributed by atoms with Gasteiger partial charge in [0.25, 0.3) is 15.9 Å². The second-order valence-corrected chi connectivity index (χ2v) is 8.67. The van der Waals surface area contributed by atoms with E-state index in [1.807, 2.05) is 30.3 Å². The molecule has 0 aliphatic heterocycles. The van der Waals surface area contributed by atoms with Crippen molar-refractivity contribution in [2.75, 3.05) is 11.3 Å². The van der Waals surface area contributed by atoms with Crippen LogP contribution in [0.5, 0.6) is 0 Å². The first-order valence-corrected chi connectivity index (χ1v) is 10.9. The molecule has 0 bridgehead atoms. The fraction of sp³-hybridized carbons (Fsp3) is 0.100. The highest BCUT2D eigenvalue weighted by Crippen LogP contribution is 2.36. The van der Waals surface area contributed by atoms with Crippen molar-refractivity contribution in [2.45, 2.75) is 11.8 Å². The van der Waals surface area contributed by atoms with Crippen molar-refractivity contribution < 1.29 is 22.7 Å². The zero-order chi connectivity index (χ0) is 21.0. The Morgan fingerprint density at radius 3 is 2.31 bits per heavy atom. The summed E-state index contributed by atoms with van der Waals surface area (Å²) in [4.78, 5) is 24.2. The van der Waals surface area contributed by atoms with E-state index >= 15 is 0 Å². The predicted molar refractivity (Wildman–Crippen MR) is 111 cm³/mol. The fourth-order valence-corrected chi connectivity index (χ4v) is 4.94. The Balaban J connectivity index is 1.91. The van der Waals surface area contributed by atoms with Gasteiger partial charge in [-0.15, -0.1) is 11.3 Å². The monoisotopic (exact) mass is 430 g/mol. The lowest BCUT2D eigenvalue weighted by Gasteiger charge is -2.08. The first-order chi connectivity index (χ1) is 13.8. The minimum Gasteiger partial charge on any atom is -0.462 e. The Kier molecular flexibility index (Phi) is 6.00. The van der Waals surface area contributed by atoms with Crippen LogP contribution in [0, 0.1) is 0 Å². The molecule has 1 heterocycles. The number of ether oxygens (including phenoxy) is 1. The van der Waals surface area contributed by atoms with Gasteiger partial charge in [0, 0.05) is 4.88 Å². The second kappa shape index (κ2) is 8.46. The van der Waals surface area contributed by atoms with Crippen molar-refractivity contribution in [3.05, 3.63) is 71.8 Å². The summed E-state index contributed by atoms with van der Waals surface area (Å²) in [6.07, 6.45) is 0. The second-order valence-electron chi connectivity index (χ2n) is 5.93. The summed E-state index contributed by atoms with van der Waals surface area (Å²) in [7, 11) is -3.99. The van der Waals surface area contributed by atoms with E-state index in [1.165, 1.54) is 24.3 Å². The summed E-state index contributed by atoms with van der Waals surface area (Å²) < 4.78 is 32.8. The number of nitrogens with one attached hydrogen (secondary N) is 1. The molecule has 0 saturated heterocycles. The van der Waals surface area contributed by atoms with Crippen molar-refractivity contribution in [3.63, 3.8) is 0 Å². The molecular weight excluding hydrogens is 412 g/mol. The van der Waals surface area contributed by atoms with Crippen LogP contribution in [-0.2, 0) is 14.8 Å². The zero-order valence-electron chi connectivity index (χ0n) is 15.4. The molecule has 0 radical (unpaired) electrons. The van der Waals surface area contributed by atoms with E-state index in [1.54, 1.807) is 13.0 Å². The van der Waals surface area contributed by atoms with E-state index in [2.05, 4.69) is 4.72 Å². The third-order valence-electron chi connectivity index (χ3n) is 3.96. The van der Waals surface area contributed by atoms with Crippen LogP contribution in [0.2, 0.25) is 0 Å². The lowest BCUT2D eigenvalue weighted by molar-refractivity contribution is 0.0526. The Labute approximate surface area is 172 Å². The maximum Gasteiger partial charge on any atom is 0.338 e. The molecule has 9 heteroatoms. The minimum atomic E-state index is -3.99. The molecule has 150 valence electrons. The molecule has 0 atom stereocenters. The van der Waals surface area contributed by atoms with Crippen LogP contribution in [0.1, 0.15) is 27.6 Å². The van der Waals surface area contributed by atoms with Crippen molar-refractivity contribution in [2.24, 2.45) is 5.73 Å². The van der Waals surface area contributed by atoms with Gasteiger partial charge in [0.2, 0.25) is 0 Å². The van der Waals surface area contributed by atoms with Crippen molar-refractivity contribution in [3.8, 4) is 10.4 Å². The Bertz CT molecular complexity index is 1140. The number of thiophene rings is 1. The highest BCUT2D eigenvalue weighted by molar-refractivity contribution is 7.93. The molecule has 0 spiro atoms. The van der Waals surface area contributed by atoms with E-state index in [0.29, 0.717) is 4.88 Å². The quantitative estimate of drug-likeness (QED) is 0.557. The number of hydrogen-bond donors (Lipinski definition) is 2. The lowest BCUT2D eigenvalue weighted by atomic mass is 10.1. The fourth-order valence-electron chi connectivity index (χ4n) is 2.56. The summed E-state index contributed by atoms with van der Waals surface area (Å²) in [6, 6.07) is 16.1. The lowest BCUT2D eigenvalue weighted by Crippen LogP contribution is -2.17. The molecule has 0 unspecified atom stereocenters. The van der Waals surface area contributed by atoms with Gasteiger partial charge in [0.05, 0.1) is 22.6 Å². The van der Waals surface area contributed by atoms with Crippen molar-refractivity contribution >= 4 is 38.2 Å². The van der Waals surface area contributed by atoms with Gasteiger partial charge in [-0.25, -0.2) is 13.2 Å². The Hall–Kier alpha value is -3.17. The normalized spacial score (nSPS) is 11.1. The smallest absolute Gasteiger partial charge is 0.338 e. The number of primary amides is 1. The number of rotatable bonds is 7. The number of hydrogen-bond acceptors (Lipinski definition) is 6. The number of sulfonamides is 1. The van der Waals surface area contributed by atoms with Gasteiger partial charge in [0.1, 0.15) is 5.00 Å². The molecule has 0 aliphatic carbocycles. The summed E-state index contributed by atoms with van der Waals surface area (Å²) >= 11 is 1.11. The molecule has 2 aromatic carbocycles. The average molecular weight is 431 g/mol. The number of amides is 1. The maximum atomic E-state index is 12.8. The third-order valence-corrected chi connectivity index (χ3v) is 6.55. The minimum absolute atomic E-state index is 0.0596. The molecule has 3 N–H and O–H groups in total. The van der Waals surface area contributed by atoms with Gasteiger partial charge in [-0.05, 0) is 42.8 Å². The largest absolute Gasteiger partial charge is 0.462 e. The van der Waals surface area contributed by atoms with Crippen LogP contribution in [-0.4, -0.2) is 26.9 Å². The van der Waals surface area contributed by atoms with Crippen molar-refractivity contribution in [1.29, 1.82) is 0 Å². The molecule has 1 amide bonds. The number of carbonyl (C=O) groups excluding carboxylic acids is 2. The number of nitrogens with two attached hydrogens (primary N) is 1. The van der Waals surface area contributed by atoms with Gasteiger partial charge in [-0.2, -0.15) is 0 Å². The van der Waals surface area contributed by atoms with Crippen LogP contribution in [0.15, 0.2) is 65.6 Å². The van der Waals surface area contributed by atoms with E-state index in [0.717, 1.165) is 16.9 Å². The van der Waals surface area contributed by atoms with Crippen LogP contribution in [0.3, 0.4) is 0 Å². The SMILES string of the molecule is CCOC(=O)c1ccc(S(=O)(=O)Nc2sc(-c3ccccc3)cc2C(N)=O)cc1. The summed E-state index contributed by atoms with van der Waals surface area (Å²) in [5.74, 6) is -1.27. The van der Waals surface area contributed by atoms with Gasteiger partial charge < -0.3 is 10.5 Å². The third kappa shape index (κ3) is 4.64. The van der Waals surface area contributed by atoms with Crippen LogP contribution < -0.4 is 10.5 Å². The van der Waals surface area contributed by atoms with Crippen LogP contribution in [0.4, 0.5) is 5.00 Å². The Morgan fingerprint density at radius 2 is 1.72 bits per heavy atom. The molecule has 0 fully saturated rings. The summed E-state index contributed by atoms with van der Waals surface area (Å²) in [6.45, 7) is 1.90. The summed E-state index contributed by atoms with van der Waals surface area (Å²) in [5, 5.41) is 0.130. The number of carbonyl (C=O) groups is 2. The molecule has 1 aromatic heterocycles. The maximum absolute atomic E-state index is 12.8. The first kappa shape index (κ1) is 20.6. The number of anilines is 1. The van der Waals surface area contributed by atoms with E-state index in [9.17, 15) is 18.0 Å².